The molecule has 0 atom stereocenters. The number of benzene rings is 2. The Hall–Kier alpha value is -3.85. The van der Waals surface area contributed by atoms with Crippen molar-refractivity contribution in [2.45, 2.75) is 27.0 Å². The van der Waals surface area contributed by atoms with Crippen molar-refractivity contribution in [3.05, 3.63) is 94.9 Å². The van der Waals surface area contributed by atoms with E-state index in [0.717, 1.165) is 22.6 Å². The average Bonchev–Trinajstić information content (AvgIpc) is 3.09. The molecule has 0 unspecified atom stereocenters. The molecule has 0 saturated carbocycles. The van der Waals surface area contributed by atoms with Gasteiger partial charge in [-0.15, -0.1) is 6.58 Å². The molecule has 30 heavy (non-hydrogen) atoms. The van der Waals surface area contributed by atoms with E-state index in [1.165, 1.54) is 0 Å². The van der Waals surface area contributed by atoms with Gasteiger partial charge < -0.3 is 14.2 Å². The fraction of sp³-hybridized carbons (Fsp3) is 0.208. The maximum absolute atomic E-state index is 13.1. The Balaban J connectivity index is 1.73. The molecule has 0 aliphatic carbocycles. The van der Waals surface area contributed by atoms with Crippen LogP contribution in [0.15, 0.2) is 65.7 Å². The second-order valence-corrected chi connectivity index (χ2v) is 6.90. The number of nitrogens with zero attached hydrogens (tertiary/aromatic N) is 3. The first kappa shape index (κ1) is 20.9. The molecule has 0 bridgehead atoms. The summed E-state index contributed by atoms with van der Waals surface area (Å²) in [5, 5.41) is 12.9. The highest BCUT2D eigenvalue weighted by Gasteiger charge is 2.16. The van der Waals surface area contributed by atoms with Gasteiger partial charge in [0.2, 0.25) is 0 Å². The molecule has 0 N–H and O–H groups in total. The maximum Gasteiger partial charge on any atom is 0.254 e. The van der Waals surface area contributed by atoms with Crippen molar-refractivity contribution in [1.29, 1.82) is 5.26 Å². The molecule has 3 aromatic rings. The van der Waals surface area contributed by atoms with Gasteiger partial charge in [-0.25, -0.2) is 0 Å². The van der Waals surface area contributed by atoms with Crippen LogP contribution < -0.4 is 4.74 Å². The number of carbonyl (C=O) groups is 1. The Kier molecular flexibility index (Phi) is 6.66. The van der Waals surface area contributed by atoms with Crippen molar-refractivity contribution in [3.63, 3.8) is 0 Å². The molecule has 1 aromatic heterocycles. The highest BCUT2D eigenvalue weighted by atomic mass is 16.5. The molecule has 0 saturated heterocycles. The topological polar surface area (TPSA) is 79.4 Å². The summed E-state index contributed by atoms with van der Waals surface area (Å²) >= 11 is 0. The molecule has 152 valence electrons. The number of carbonyl (C=O) groups excluding carboxylic acids is 1. The molecule has 0 fully saturated rings. The van der Waals surface area contributed by atoms with E-state index >= 15 is 0 Å². The van der Waals surface area contributed by atoms with Gasteiger partial charge in [0.15, 0.2) is 0 Å². The molecule has 1 amide bonds. The van der Waals surface area contributed by atoms with E-state index in [2.05, 4.69) is 17.8 Å². The van der Waals surface area contributed by atoms with E-state index in [-0.39, 0.29) is 5.91 Å². The van der Waals surface area contributed by atoms with Crippen molar-refractivity contribution < 1.29 is 14.1 Å². The Labute approximate surface area is 176 Å². The third kappa shape index (κ3) is 4.95. The Bertz CT molecular complexity index is 1060. The van der Waals surface area contributed by atoms with Crippen molar-refractivity contribution in [2.24, 2.45) is 0 Å². The highest BCUT2D eigenvalue weighted by molar-refractivity contribution is 5.94. The Morgan fingerprint density at radius 2 is 2.03 bits per heavy atom. The van der Waals surface area contributed by atoms with Crippen LogP contribution in [0.2, 0.25) is 0 Å². The zero-order valence-electron chi connectivity index (χ0n) is 17.1. The highest BCUT2D eigenvalue weighted by Crippen LogP contribution is 2.20. The number of aromatic nitrogens is 1. The van der Waals surface area contributed by atoms with Gasteiger partial charge in [0.05, 0.1) is 22.9 Å². The summed E-state index contributed by atoms with van der Waals surface area (Å²) in [6, 6.07) is 16.4. The van der Waals surface area contributed by atoms with Gasteiger partial charge in [0.25, 0.3) is 5.91 Å². The molecular weight excluding hydrogens is 378 g/mol. The van der Waals surface area contributed by atoms with Crippen molar-refractivity contribution in [3.8, 4) is 11.8 Å². The number of amides is 1. The number of hydrogen-bond donors (Lipinski definition) is 0. The number of ether oxygens (including phenoxy) is 1. The lowest BCUT2D eigenvalue weighted by molar-refractivity contribution is 0.0762. The van der Waals surface area contributed by atoms with Crippen LogP contribution in [0.1, 0.15) is 38.5 Å². The summed E-state index contributed by atoms with van der Waals surface area (Å²) in [7, 11) is 0. The second kappa shape index (κ2) is 9.57. The van der Waals surface area contributed by atoms with Gasteiger partial charge in [-0.2, -0.15) is 5.26 Å². The van der Waals surface area contributed by atoms with E-state index in [4.69, 9.17) is 14.5 Å². The van der Waals surface area contributed by atoms with Gasteiger partial charge in [0.1, 0.15) is 18.1 Å². The molecule has 1 heterocycles. The first-order valence-corrected chi connectivity index (χ1v) is 9.55. The Morgan fingerprint density at radius 3 is 2.67 bits per heavy atom. The summed E-state index contributed by atoms with van der Waals surface area (Å²) in [6.07, 6.45) is 1.69. The van der Waals surface area contributed by atoms with E-state index in [1.807, 2.05) is 32.0 Å². The fourth-order valence-electron chi connectivity index (χ4n) is 3.05. The zero-order chi connectivity index (χ0) is 21.5. The third-order valence-corrected chi connectivity index (χ3v) is 4.74. The van der Waals surface area contributed by atoms with E-state index in [9.17, 15) is 4.79 Å². The van der Waals surface area contributed by atoms with Gasteiger partial charge >= 0.3 is 0 Å². The van der Waals surface area contributed by atoms with Gasteiger partial charge in [0, 0.05) is 18.7 Å². The number of hydrogen-bond acceptors (Lipinski definition) is 5. The molecule has 0 spiro atoms. The van der Waals surface area contributed by atoms with Gasteiger partial charge in [-0.1, -0.05) is 29.4 Å². The van der Waals surface area contributed by atoms with Crippen LogP contribution in [0, 0.1) is 25.2 Å². The largest absolute Gasteiger partial charge is 0.489 e. The summed E-state index contributed by atoms with van der Waals surface area (Å²) in [4.78, 5) is 14.8. The lowest BCUT2D eigenvalue weighted by atomic mass is 10.1. The van der Waals surface area contributed by atoms with Gasteiger partial charge in [-0.05, 0) is 49.7 Å². The van der Waals surface area contributed by atoms with Crippen LogP contribution >= 0.6 is 0 Å². The van der Waals surface area contributed by atoms with Crippen molar-refractivity contribution >= 4 is 5.91 Å². The van der Waals surface area contributed by atoms with Crippen LogP contribution in [0.4, 0.5) is 0 Å². The quantitative estimate of drug-likeness (QED) is 0.517. The first-order chi connectivity index (χ1) is 14.5. The second-order valence-electron chi connectivity index (χ2n) is 6.90. The summed E-state index contributed by atoms with van der Waals surface area (Å²) in [5.74, 6) is 1.19. The lowest BCUT2D eigenvalue weighted by Gasteiger charge is -2.22. The van der Waals surface area contributed by atoms with E-state index in [1.54, 1.807) is 41.3 Å². The number of rotatable bonds is 8. The summed E-state index contributed by atoms with van der Waals surface area (Å²) in [6.45, 7) is 8.61. The van der Waals surface area contributed by atoms with E-state index in [0.29, 0.717) is 36.6 Å². The van der Waals surface area contributed by atoms with Crippen LogP contribution in [-0.2, 0) is 13.2 Å². The van der Waals surface area contributed by atoms with Crippen LogP contribution in [0.3, 0.4) is 0 Å². The van der Waals surface area contributed by atoms with Crippen LogP contribution in [0.5, 0.6) is 5.75 Å². The molecule has 3 rings (SSSR count). The minimum atomic E-state index is -0.123. The third-order valence-electron chi connectivity index (χ3n) is 4.74. The number of aryl methyl sites for hydroxylation is 2. The van der Waals surface area contributed by atoms with Gasteiger partial charge in [-0.3, -0.25) is 4.79 Å². The Morgan fingerprint density at radius 1 is 1.27 bits per heavy atom. The first-order valence-electron chi connectivity index (χ1n) is 9.55. The van der Waals surface area contributed by atoms with E-state index < -0.39 is 0 Å². The standard InChI is InChI=1S/C24H23N3O3/c1-4-12-27(15-20-10-8-19(14-25)9-11-20)24(28)21-6-5-7-22(13-21)29-16-23-17(2)26-30-18(23)3/h4-11,13H,1,12,15-16H2,2-3H3. The predicted molar refractivity (Wildman–Crippen MR) is 113 cm³/mol. The molecule has 0 radical (unpaired) electrons. The number of nitriles is 1. The summed E-state index contributed by atoms with van der Waals surface area (Å²) in [5.41, 5.74) is 3.75. The average molecular weight is 401 g/mol. The molecule has 0 aliphatic rings. The van der Waals surface area contributed by atoms with Crippen molar-refractivity contribution in [1.82, 2.24) is 10.1 Å². The predicted octanol–water partition coefficient (Wildman–Crippen LogP) is 4.57. The molecular formula is C24H23N3O3. The minimum Gasteiger partial charge on any atom is -0.489 e. The lowest BCUT2D eigenvalue weighted by Crippen LogP contribution is -2.30. The maximum atomic E-state index is 13.1. The zero-order valence-corrected chi connectivity index (χ0v) is 17.1. The monoisotopic (exact) mass is 401 g/mol. The van der Waals surface area contributed by atoms with Crippen LogP contribution in [0.25, 0.3) is 0 Å². The molecule has 0 aliphatic heterocycles. The molecule has 6 nitrogen and oxygen atoms in total. The van der Waals surface area contributed by atoms with Crippen molar-refractivity contribution in [2.75, 3.05) is 6.54 Å². The summed E-state index contributed by atoms with van der Waals surface area (Å²) < 4.78 is 11.0. The SMILES string of the molecule is C=CCN(Cc1ccc(C#N)cc1)C(=O)c1cccc(OCc2c(C)noc2C)c1. The minimum absolute atomic E-state index is 0.123. The molecule has 2 aromatic carbocycles. The fourth-order valence-corrected chi connectivity index (χ4v) is 3.05. The van der Waals surface area contributed by atoms with Crippen LogP contribution in [-0.4, -0.2) is 22.5 Å². The normalized spacial score (nSPS) is 10.3. The smallest absolute Gasteiger partial charge is 0.254 e. The molecule has 6 heteroatoms.